The minimum atomic E-state index is -3.65. The number of ether oxygens (including phenoxy) is 2. The molecule has 1 aliphatic heterocycles. The van der Waals surface area contributed by atoms with Crippen molar-refractivity contribution in [2.45, 2.75) is 31.8 Å². The van der Waals surface area contributed by atoms with Crippen molar-refractivity contribution >= 4 is 15.7 Å². The molecule has 2 aromatic carbocycles. The molecule has 2 aromatic rings. The van der Waals surface area contributed by atoms with Crippen LogP contribution < -0.4 is 13.8 Å². The monoisotopic (exact) mass is 347 g/mol. The van der Waals surface area contributed by atoms with Crippen molar-refractivity contribution in [1.29, 1.82) is 0 Å². The van der Waals surface area contributed by atoms with Crippen LogP contribution in [0, 0.1) is 6.92 Å². The molecule has 0 amide bonds. The summed E-state index contributed by atoms with van der Waals surface area (Å²) in [4.78, 5) is 0.257. The molecule has 0 aliphatic carbocycles. The van der Waals surface area contributed by atoms with Gasteiger partial charge in [0.25, 0.3) is 10.0 Å². The first kappa shape index (κ1) is 16.6. The highest BCUT2D eigenvalue weighted by Crippen LogP contribution is 2.35. The van der Waals surface area contributed by atoms with Crippen LogP contribution in [0.3, 0.4) is 0 Å². The lowest BCUT2D eigenvalue weighted by Crippen LogP contribution is -2.37. The van der Waals surface area contributed by atoms with Gasteiger partial charge in [-0.2, -0.15) is 0 Å². The lowest BCUT2D eigenvalue weighted by Gasteiger charge is -2.30. The van der Waals surface area contributed by atoms with Crippen LogP contribution in [0.4, 0.5) is 5.69 Å². The number of rotatable bonds is 4. The van der Waals surface area contributed by atoms with E-state index >= 15 is 0 Å². The molecule has 0 saturated heterocycles. The van der Waals surface area contributed by atoms with E-state index in [-0.39, 0.29) is 11.0 Å². The number of para-hydroxylation sites is 2. The summed E-state index contributed by atoms with van der Waals surface area (Å²) in [6.07, 6.45) is 0.0391. The first-order valence-electron chi connectivity index (χ1n) is 7.91. The van der Waals surface area contributed by atoms with Crippen molar-refractivity contribution in [3.63, 3.8) is 0 Å². The molecule has 24 heavy (non-hydrogen) atoms. The van der Waals surface area contributed by atoms with E-state index in [4.69, 9.17) is 9.47 Å². The van der Waals surface area contributed by atoms with Gasteiger partial charge in [0.2, 0.25) is 0 Å². The minimum absolute atomic E-state index is 0.0391. The van der Waals surface area contributed by atoms with E-state index in [9.17, 15) is 8.42 Å². The Hall–Kier alpha value is -2.21. The molecular weight excluding hydrogens is 326 g/mol. The van der Waals surface area contributed by atoms with Crippen molar-refractivity contribution < 1.29 is 17.9 Å². The zero-order valence-corrected chi connectivity index (χ0v) is 14.8. The van der Waals surface area contributed by atoms with Crippen molar-refractivity contribution in [1.82, 2.24) is 0 Å². The summed E-state index contributed by atoms with van der Waals surface area (Å²) in [5, 5.41) is 0. The van der Waals surface area contributed by atoms with Gasteiger partial charge in [-0.15, -0.1) is 0 Å². The molecule has 6 heteroatoms. The molecule has 0 bridgehead atoms. The van der Waals surface area contributed by atoms with Gasteiger partial charge < -0.3 is 9.47 Å². The summed E-state index contributed by atoms with van der Waals surface area (Å²) in [6, 6.07) is 12.1. The van der Waals surface area contributed by atoms with Gasteiger partial charge in [0.05, 0.1) is 23.2 Å². The SMILES string of the molecule is Cc1cc(S(=O)(=O)N2CCOc3ccccc32)ccc1OC(C)C. The van der Waals surface area contributed by atoms with Crippen LogP contribution >= 0.6 is 0 Å². The summed E-state index contributed by atoms with van der Waals surface area (Å²) in [5.41, 5.74) is 1.37. The molecule has 5 nitrogen and oxygen atoms in total. The van der Waals surface area contributed by atoms with E-state index in [0.29, 0.717) is 30.3 Å². The number of benzene rings is 2. The van der Waals surface area contributed by atoms with Gasteiger partial charge in [0.1, 0.15) is 18.1 Å². The maximum atomic E-state index is 13.1. The molecule has 0 radical (unpaired) electrons. The Morgan fingerprint density at radius 3 is 2.62 bits per heavy atom. The number of sulfonamides is 1. The largest absolute Gasteiger partial charge is 0.491 e. The molecule has 128 valence electrons. The second-order valence-corrected chi connectivity index (χ2v) is 7.85. The average Bonchev–Trinajstić information content (AvgIpc) is 2.55. The molecule has 0 spiro atoms. The highest BCUT2D eigenvalue weighted by Gasteiger charge is 2.30. The maximum absolute atomic E-state index is 13.1. The molecule has 1 heterocycles. The molecule has 0 saturated carbocycles. The fraction of sp³-hybridized carbons (Fsp3) is 0.333. The number of anilines is 1. The molecule has 0 atom stereocenters. The van der Waals surface area contributed by atoms with Crippen LogP contribution in [0.25, 0.3) is 0 Å². The number of aryl methyl sites for hydroxylation is 1. The van der Waals surface area contributed by atoms with E-state index in [1.54, 1.807) is 36.4 Å². The summed E-state index contributed by atoms with van der Waals surface area (Å²) >= 11 is 0. The van der Waals surface area contributed by atoms with E-state index < -0.39 is 10.0 Å². The van der Waals surface area contributed by atoms with Crippen LogP contribution in [0.5, 0.6) is 11.5 Å². The van der Waals surface area contributed by atoms with Crippen molar-refractivity contribution in [2.75, 3.05) is 17.5 Å². The third-order valence-corrected chi connectivity index (χ3v) is 5.59. The highest BCUT2D eigenvalue weighted by molar-refractivity contribution is 7.92. The zero-order chi connectivity index (χ0) is 17.3. The number of hydrogen-bond donors (Lipinski definition) is 0. The molecule has 0 aromatic heterocycles. The van der Waals surface area contributed by atoms with Gasteiger partial charge in [0, 0.05) is 0 Å². The number of fused-ring (bicyclic) bond motifs is 1. The minimum Gasteiger partial charge on any atom is -0.491 e. The predicted molar refractivity (Wildman–Crippen MR) is 93.4 cm³/mol. The van der Waals surface area contributed by atoms with Crippen LogP contribution in [0.1, 0.15) is 19.4 Å². The van der Waals surface area contributed by atoms with Crippen LogP contribution in [0.15, 0.2) is 47.4 Å². The molecular formula is C18H21NO4S. The first-order valence-corrected chi connectivity index (χ1v) is 9.35. The van der Waals surface area contributed by atoms with Gasteiger partial charge in [-0.3, -0.25) is 4.31 Å². The van der Waals surface area contributed by atoms with E-state index in [0.717, 1.165) is 5.56 Å². The third-order valence-electron chi connectivity index (χ3n) is 3.78. The van der Waals surface area contributed by atoms with E-state index in [1.807, 2.05) is 26.8 Å². The van der Waals surface area contributed by atoms with Gasteiger partial charge in [-0.1, -0.05) is 12.1 Å². The Morgan fingerprint density at radius 1 is 1.17 bits per heavy atom. The predicted octanol–water partition coefficient (Wildman–Crippen LogP) is 3.37. The van der Waals surface area contributed by atoms with E-state index in [2.05, 4.69) is 0 Å². The van der Waals surface area contributed by atoms with Crippen LogP contribution in [-0.2, 0) is 10.0 Å². The number of nitrogens with zero attached hydrogens (tertiary/aromatic N) is 1. The second kappa shape index (κ2) is 6.36. The Kier molecular flexibility index (Phi) is 4.41. The zero-order valence-electron chi connectivity index (χ0n) is 14.0. The van der Waals surface area contributed by atoms with Crippen molar-refractivity contribution in [2.24, 2.45) is 0 Å². The Labute approximate surface area is 142 Å². The van der Waals surface area contributed by atoms with Gasteiger partial charge in [-0.05, 0) is 56.7 Å². The fourth-order valence-electron chi connectivity index (χ4n) is 2.69. The summed E-state index contributed by atoms with van der Waals surface area (Å²) in [5.74, 6) is 1.29. The summed E-state index contributed by atoms with van der Waals surface area (Å²) in [6.45, 7) is 6.36. The molecule has 0 N–H and O–H groups in total. The molecule has 0 unspecified atom stereocenters. The standard InChI is InChI=1S/C18H21NO4S/c1-13(2)23-17-9-8-15(12-14(17)3)24(20,21)19-10-11-22-18-7-5-4-6-16(18)19/h4-9,12-13H,10-11H2,1-3H3. The van der Waals surface area contributed by atoms with Gasteiger partial charge >= 0.3 is 0 Å². The number of hydrogen-bond acceptors (Lipinski definition) is 4. The maximum Gasteiger partial charge on any atom is 0.264 e. The smallest absolute Gasteiger partial charge is 0.264 e. The third kappa shape index (κ3) is 3.06. The fourth-order valence-corrected chi connectivity index (χ4v) is 4.23. The lowest BCUT2D eigenvalue weighted by atomic mass is 10.2. The molecule has 1 aliphatic rings. The normalized spacial score (nSPS) is 14.2. The first-order chi connectivity index (χ1) is 11.4. The average molecular weight is 347 g/mol. The van der Waals surface area contributed by atoms with E-state index in [1.165, 1.54) is 4.31 Å². The quantitative estimate of drug-likeness (QED) is 0.851. The van der Waals surface area contributed by atoms with Gasteiger partial charge in [-0.25, -0.2) is 8.42 Å². The van der Waals surface area contributed by atoms with Crippen molar-refractivity contribution in [3.8, 4) is 11.5 Å². The Balaban J connectivity index is 1.99. The lowest BCUT2D eigenvalue weighted by molar-refractivity contribution is 0.240. The molecule has 0 fully saturated rings. The molecule has 3 rings (SSSR count). The summed E-state index contributed by atoms with van der Waals surface area (Å²) < 4.78 is 38.8. The van der Waals surface area contributed by atoms with Crippen LogP contribution in [0.2, 0.25) is 0 Å². The van der Waals surface area contributed by atoms with Crippen molar-refractivity contribution in [3.05, 3.63) is 48.0 Å². The Morgan fingerprint density at radius 2 is 1.92 bits per heavy atom. The topological polar surface area (TPSA) is 55.8 Å². The second-order valence-electron chi connectivity index (χ2n) is 5.99. The van der Waals surface area contributed by atoms with Gasteiger partial charge in [0.15, 0.2) is 0 Å². The van der Waals surface area contributed by atoms with Crippen LogP contribution in [-0.4, -0.2) is 27.7 Å². The Bertz CT molecular complexity index is 846. The highest BCUT2D eigenvalue weighted by atomic mass is 32.2. The summed E-state index contributed by atoms with van der Waals surface area (Å²) in [7, 11) is -3.65.